The highest BCUT2D eigenvalue weighted by atomic mass is 16.5. The van der Waals surface area contributed by atoms with E-state index in [1.54, 1.807) is 7.11 Å². The molecule has 1 saturated heterocycles. The summed E-state index contributed by atoms with van der Waals surface area (Å²) < 4.78 is 15.9. The van der Waals surface area contributed by atoms with Gasteiger partial charge in [-0.1, -0.05) is 25.9 Å². The molecule has 0 radical (unpaired) electrons. The molecule has 0 bridgehead atoms. The summed E-state index contributed by atoms with van der Waals surface area (Å²) >= 11 is 0. The van der Waals surface area contributed by atoms with E-state index in [2.05, 4.69) is 15.5 Å². The Morgan fingerprint density at radius 2 is 2.04 bits per heavy atom. The molecule has 1 aromatic rings. The van der Waals surface area contributed by atoms with Crippen LogP contribution < -0.4 is 5.32 Å². The highest BCUT2D eigenvalue weighted by molar-refractivity contribution is 5.78. The number of nitrogens with one attached hydrogen (secondary N) is 1. The number of carbonyl (C=O) groups is 1. The van der Waals surface area contributed by atoms with Gasteiger partial charge in [0.25, 0.3) is 0 Å². The molecule has 0 aliphatic carbocycles. The van der Waals surface area contributed by atoms with Crippen molar-refractivity contribution in [2.45, 2.75) is 45.6 Å². The van der Waals surface area contributed by atoms with Crippen molar-refractivity contribution in [2.75, 3.05) is 26.9 Å². The van der Waals surface area contributed by atoms with Crippen LogP contribution in [-0.4, -0.2) is 43.0 Å². The number of methoxy groups -OCH3 is 1. The first-order chi connectivity index (χ1) is 11.0. The molecule has 130 valence electrons. The van der Waals surface area contributed by atoms with E-state index in [1.165, 1.54) is 0 Å². The van der Waals surface area contributed by atoms with Gasteiger partial charge in [0.1, 0.15) is 6.04 Å². The van der Waals surface area contributed by atoms with Crippen LogP contribution in [0.4, 0.5) is 0 Å². The van der Waals surface area contributed by atoms with E-state index in [9.17, 15) is 4.79 Å². The molecular weight excluding hydrogens is 298 g/mol. The molecule has 1 fully saturated rings. The minimum absolute atomic E-state index is 0.0624. The fraction of sp³-hybridized carbons (Fsp3) is 0.812. The number of amides is 1. The van der Waals surface area contributed by atoms with E-state index >= 15 is 0 Å². The van der Waals surface area contributed by atoms with Gasteiger partial charge in [0.2, 0.25) is 11.8 Å². The molecule has 2 heterocycles. The van der Waals surface area contributed by atoms with Crippen molar-refractivity contribution in [3.63, 3.8) is 0 Å². The summed E-state index contributed by atoms with van der Waals surface area (Å²) in [6.07, 6.45) is 1.73. The van der Waals surface area contributed by atoms with E-state index < -0.39 is 0 Å². The molecule has 1 aromatic heterocycles. The molecule has 2 rings (SSSR count). The monoisotopic (exact) mass is 325 g/mol. The van der Waals surface area contributed by atoms with Crippen LogP contribution in [0.15, 0.2) is 4.52 Å². The Morgan fingerprint density at radius 3 is 2.61 bits per heavy atom. The normalized spacial score (nSPS) is 18.8. The highest BCUT2D eigenvalue weighted by Gasteiger charge is 2.32. The second kappa shape index (κ2) is 8.40. The number of hydrogen-bond acceptors (Lipinski definition) is 6. The van der Waals surface area contributed by atoms with Crippen LogP contribution in [0.1, 0.15) is 57.3 Å². The Balaban J connectivity index is 2.15. The van der Waals surface area contributed by atoms with Crippen molar-refractivity contribution >= 4 is 5.91 Å². The van der Waals surface area contributed by atoms with Gasteiger partial charge in [-0.15, -0.1) is 0 Å². The summed E-state index contributed by atoms with van der Waals surface area (Å²) in [4.78, 5) is 16.9. The molecule has 0 aromatic carbocycles. The van der Waals surface area contributed by atoms with Gasteiger partial charge in [-0.3, -0.25) is 4.79 Å². The summed E-state index contributed by atoms with van der Waals surface area (Å²) in [5.74, 6) is 1.28. The molecule has 23 heavy (non-hydrogen) atoms. The number of nitrogens with zero attached hydrogens (tertiary/aromatic N) is 2. The van der Waals surface area contributed by atoms with Gasteiger partial charge in [-0.2, -0.15) is 4.98 Å². The van der Waals surface area contributed by atoms with E-state index in [1.807, 2.05) is 20.8 Å². The third-order valence-electron chi connectivity index (χ3n) is 4.14. The van der Waals surface area contributed by atoms with Crippen LogP contribution in [0.3, 0.4) is 0 Å². The predicted molar refractivity (Wildman–Crippen MR) is 83.9 cm³/mol. The zero-order valence-electron chi connectivity index (χ0n) is 14.4. The van der Waals surface area contributed by atoms with E-state index in [-0.39, 0.29) is 29.7 Å². The lowest BCUT2D eigenvalue weighted by Crippen LogP contribution is -2.39. The quantitative estimate of drug-likeness (QED) is 0.826. The second-order valence-corrected chi connectivity index (χ2v) is 6.44. The third kappa shape index (κ3) is 4.75. The summed E-state index contributed by atoms with van der Waals surface area (Å²) in [7, 11) is 1.59. The van der Waals surface area contributed by atoms with Gasteiger partial charge in [0, 0.05) is 26.2 Å². The molecule has 7 nitrogen and oxygen atoms in total. The first-order valence-electron chi connectivity index (χ1n) is 8.23. The van der Waals surface area contributed by atoms with Crippen molar-refractivity contribution in [1.29, 1.82) is 0 Å². The van der Waals surface area contributed by atoms with Gasteiger partial charge in [-0.25, -0.2) is 0 Å². The van der Waals surface area contributed by atoms with Crippen LogP contribution in [0, 0.1) is 11.8 Å². The number of ether oxygens (including phenoxy) is 2. The minimum Gasteiger partial charge on any atom is -0.384 e. The Kier molecular flexibility index (Phi) is 6.53. The van der Waals surface area contributed by atoms with E-state index in [4.69, 9.17) is 14.0 Å². The summed E-state index contributed by atoms with van der Waals surface area (Å²) in [5.41, 5.74) is 0. The smallest absolute Gasteiger partial charge is 0.249 e. The van der Waals surface area contributed by atoms with Crippen molar-refractivity contribution in [2.24, 2.45) is 11.8 Å². The Bertz CT molecular complexity index is 497. The van der Waals surface area contributed by atoms with Crippen LogP contribution in [0.5, 0.6) is 0 Å². The largest absolute Gasteiger partial charge is 0.384 e. The molecule has 1 N–H and O–H groups in total. The van der Waals surface area contributed by atoms with Crippen LogP contribution in [0.25, 0.3) is 0 Å². The maximum Gasteiger partial charge on any atom is 0.249 e. The van der Waals surface area contributed by atoms with Crippen LogP contribution in [-0.2, 0) is 14.3 Å². The first-order valence-corrected chi connectivity index (χ1v) is 8.23. The zero-order chi connectivity index (χ0) is 16.8. The molecule has 1 amide bonds. The lowest BCUT2D eigenvalue weighted by atomic mass is 9.91. The highest BCUT2D eigenvalue weighted by Crippen LogP contribution is 2.30. The van der Waals surface area contributed by atoms with Crippen molar-refractivity contribution < 1.29 is 18.8 Å². The SMILES string of the molecule is COC[C@@H](C)C(=O)N[C@H](c1nc(C(C)C)no1)C1CCOCC1. The maximum absolute atomic E-state index is 12.4. The Hall–Kier alpha value is -1.47. The van der Waals surface area contributed by atoms with Gasteiger partial charge >= 0.3 is 0 Å². The zero-order valence-corrected chi connectivity index (χ0v) is 14.4. The fourth-order valence-corrected chi connectivity index (χ4v) is 2.66. The number of carbonyl (C=O) groups excluding carboxylic acids is 1. The average Bonchev–Trinajstić information content (AvgIpc) is 3.03. The van der Waals surface area contributed by atoms with Gasteiger partial charge < -0.3 is 19.3 Å². The number of hydrogen-bond donors (Lipinski definition) is 1. The first kappa shape index (κ1) is 17.9. The lowest BCUT2D eigenvalue weighted by Gasteiger charge is -2.29. The summed E-state index contributed by atoms with van der Waals surface area (Å²) in [6, 6.07) is -0.272. The van der Waals surface area contributed by atoms with E-state index in [0.717, 1.165) is 12.8 Å². The molecule has 0 saturated carbocycles. The van der Waals surface area contributed by atoms with Crippen molar-refractivity contribution in [1.82, 2.24) is 15.5 Å². The molecule has 7 heteroatoms. The van der Waals surface area contributed by atoms with Gasteiger partial charge in [-0.05, 0) is 18.8 Å². The Morgan fingerprint density at radius 1 is 1.35 bits per heavy atom. The Labute approximate surface area is 137 Å². The molecule has 0 spiro atoms. The summed E-state index contributed by atoms with van der Waals surface area (Å²) in [5, 5.41) is 7.10. The number of rotatable bonds is 7. The molecule has 1 aliphatic rings. The lowest BCUT2D eigenvalue weighted by molar-refractivity contribution is -0.127. The topological polar surface area (TPSA) is 86.5 Å². The molecular formula is C16H27N3O4. The van der Waals surface area contributed by atoms with Crippen molar-refractivity contribution in [3.05, 3.63) is 11.7 Å². The average molecular weight is 325 g/mol. The standard InChI is InChI=1S/C16H27N3O4/c1-10(2)14-18-16(23-19-14)13(12-5-7-22-8-6-12)17-15(20)11(3)9-21-4/h10-13H,5-9H2,1-4H3,(H,17,20)/t11-,13+/m1/s1. The van der Waals surface area contributed by atoms with Gasteiger partial charge in [0.05, 0.1) is 12.5 Å². The predicted octanol–water partition coefficient (Wildman–Crippen LogP) is 2.06. The van der Waals surface area contributed by atoms with Crippen LogP contribution in [0.2, 0.25) is 0 Å². The second-order valence-electron chi connectivity index (χ2n) is 6.44. The fourth-order valence-electron chi connectivity index (χ4n) is 2.66. The third-order valence-corrected chi connectivity index (χ3v) is 4.14. The number of aromatic nitrogens is 2. The van der Waals surface area contributed by atoms with Crippen LogP contribution >= 0.6 is 0 Å². The molecule has 2 atom stereocenters. The van der Waals surface area contributed by atoms with E-state index in [0.29, 0.717) is 31.5 Å². The molecule has 0 unspecified atom stereocenters. The van der Waals surface area contributed by atoms with Crippen molar-refractivity contribution in [3.8, 4) is 0 Å². The van der Waals surface area contributed by atoms with Gasteiger partial charge in [0.15, 0.2) is 5.82 Å². The maximum atomic E-state index is 12.4. The minimum atomic E-state index is -0.272. The summed E-state index contributed by atoms with van der Waals surface area (Å²) in [6.45, 7) is 7.63. The molecule has 1 aliphatic heterocycles.